The Morgan fingerprint density at radius 1 is 1.44 bits per heavy atom. The number of ether oxygens (including phenoxy) is 3. The number of rotatable bonds is 2. The van der Waals surface area contributed by atoms with Gasteiger partial charge in [-0.15, -0.1) is 0 Å². The standard InChI is InChI=1S/C11H12ClNO3/c1-6(14-2)9-8(13)5-7(12)10-11(9)16-4-3-15-10/h5H,1,3-4,13H2,2H3. The molecule has 2 rings (SSSR count). The molecule has 1 aliphatic heterocycles. The van der Waals surface area contributed by atoms with E-state index in [9.17, 15) is 0 Å². The second-order valence-corrected chi connectivity index (χ2v) is 3.71. The fourth-order valence-corrected chi connectivity index (χ4v) is 1.83. The Labute approximate surface area is 98.5 Å². The molecule has 0 unspecified atom stereocenters. The minimum absolute atomic E-state index is 0.427. The highest BCUT2D eigenvalue weighted by atomic mass is 35.5. The van der Waals surface area contributed by atoms with E-state index in [1.54, 1.807) is 6.07 Å². The van der Waals surface area contributed by atoms with Gasteiger partial charge in [-0.1, -0.05) is 18.2 Å². The van der Waals surface area contributed by atoms with Crippen LogP contribution in [0.2, 0.25) is 5.02 Å². The zero-order valence-electron chi connectivity index (χ0n) is 8.88. The first kappa shape index (κ1) is 11.0. The Balaban J connectivity index is 2.63. The summed E-state index contributed by atoms with van der Waals surface area (Å²) in [4.78, 5) is 0. The Morgan fingerprint density at radius 2 is 2.06 bits per heavy atom. The average Bonchev–Trinajstić information content (AvgIpc) is 2.28. The number of benzene rings is 1. The lowest BCUT2D eigenvalue weighted by Crippen LogP contribution is -2.17. The van der Waals surface area contributed by atoms with Crippen LogP contribution in [0.3, 0.4) is 0 Å². The highest BCUT2D eigenvalue weighted by Gasteiger charge is 2.24. The van der Waals surface area contributed by atoms with Gasteiger partial charge in [0.05, 0.1) is 17.7 Å². The van der Waals surface area contributed by atoms with Crippen LogP contribution in [0.25, 0.3) is 5.76 Å². The van der Waals surface area contributed by atoms with Gasteiger partial charge in [-0.2, -0.15) is 0 Å². The molecule has 0 radical (unpaired) electrons. The smallest absolute Gasteiger partial charge is 0.180 e. The summed E-state index contributed by atoms with van der Waals surface area (Å²) in [7, 11) is 1.52. The van der Waals surface area contributed by atoms with E-state index in [4.69, 9.17) is 31.5 Å². The van der Waals surface area contributed by atoms with Crippen LogP contribution in [-0.4, -0.2) is 20.3 Å². The molecular formula is C11H12ClNO3. The van der Waals surface area contributed by atoms with Crippen LogP contribution in [0.1, 0.15) is 5.56 Å². The molecule has 2 N–H and O–H groups in total. The van der Waals surface area contributed by atoms with Gasteiger partial charge in [0.25, 0.3) is 0 Å². The Morgan fingerprint density at radius 3 is 2.69 bits per heavy atom. The molecular weight excluding hydrogens is 230 g/mol. The van der Waals surface area contributed by atoms with Crippen molar-refractivity contribution >= 4 is 23.0 Å². The molecule has 1 aromatic rings. The maximum Gasteiger partial charge on any atom is 0.180 e. The van der Waals surface area contributed by atoms with Gasteiger partial charge < -0.3 is 19.9 Å². The molecule has 0 aromatic heterocycles. The number of hydrogen-bond acceptors (Lipinski definition) is 4. The minimum atomic E-state index is 0.427. The van der Waals surface area contributed by atoms with Crippen LogP contribution in [0, 0.1) is 0 Å². The molecule has 0 bridgehead atoms. The molecule has 0 aliphatic carbocycles. The molecule has 0 atom stereocenters. The Bertz CT molecular complexity index is 445. The van der Waals surface area contributed by atoms with Gasteiger partial charge in [-0.25, -0.2) is 0 Å². The third kappa shape index (κ3) is 1.65. The van der Waals surface area contributed by atoms with Crippen molar-refractivity contribution in [2.24, 2.45) is 0 Å². The lowest BCUT2D eigenvalue weighted by molar-refractivity contribution is 0.170. The predicted molar refractivity (Wildman–Crippen MR) is 62.9 cm³/mol. The fraction of sp³-hybridized carbons (Fsp3) is 0.273. The quantitative estimate of drug-likeness (QED) is 0.638. The first-order valence-corrected chi connectivity index (χ1v) is 5.13. The van der Waals surface area contributed by atoms with Crippen LogP contribution in [0.15, 0.2) is 12.6 Å². The van der Waals surface area contributed by atoms with Gasteiger partial charge in [0.2, 0.25) is 0 Å². The number of methoxy groups -OCH3 is 1. The lowest BCUT2D eigenvalue weighted by Gasteiger charge is -2.23. The van der Waals surface area contributed by atoms with Gasteiger partial charge in [-0.3, -0.25) is 0 Å². The highest BCUT2D eigenvalue weighted by Crippen LogP contribution is 2.45. The van der Waals surface area contributed by atoms with Crippen LogP contribution in [0.4, 0.5) is 5.69 Å². The van der Waals surface area contributed by atoms with E-state index in [1.807, 2.05) is 0 Å². The normalized spacial score (nSPS) is 13.4. The summed E-state index contributed by atoms with van der Waals surface area (Å²) in [5.74, 6) is 1.43. The predicted octanol–water partition coefficient (Wildman–Crippen LogP) is 2.31. The first-order chi connectivity index (χ1) is 7.65. The summed E-state index contributed by atoms with van der Waals surface area (Å²) in [6.07, 6.45) is 0. The number of anilines is 1. The van der Waals surface area contributed by atoms with Crippen LogP contribution in [-0.2, 0) is 4.74 Å². The largest absolute Gasteiger partial charge is 0.497 e. The van der Waals surface area contributed by atoms with E-state index in [0.29, 0.717) is 46.7 Å². The van der Waals surface area contributed by atoms with Crippen molar-refractivity contribution < 1.29 is 14.2 Å². The third-order valence-electron chi connectivity index (χ3n) is 2.32. The minimum Gasteiger partial charge on any atom is -0.497 e. The Hall–Kier alpha value is -1.55. The topological polar surface area (TPSA) is 53.7 Å². The van der Waals surface area contributed by atoms with Crippen molar-refractivity contribution in [2.45, 2.75) is 0 Å². The monoisotopic (exact) mass is 241 g/mol. The zero-order valence-corrected chi connectivity index (χ0v) is 9.63. The van der Waals surface area contributed by atoms with Crippen molar-refractivity contribution in [3.63, 3.8) is 0 Å². The van der Waals surface area contributed by atoms with E-state index < -0.39 is 0 Å². The molecule has 0 spiro atoms. The van der Waals surface area contributed by atoms with Crippen LogP contribution in [0.5, 0.6) is 11.5 Å². The SMILES string of the molecule is C=C(OC)c1c(N)cc(Cl)c2c1OCCO2. The third-order valence-corrected chi connectivity index (χ3v) is 2.60. The van der Waals surface area contributed by atoms with Gasteiger partial charge in [0.1, 0.15) is 19.0 Å². The second-order valence-electron chi connectivity index (χ2n) is 3.31. The number of nitrogen functional groups attached to an aromatic ring is 1. The molecule has 0 saturated heterocycles. The highest BCUT2D eigenvalue weighted by molar-refractivity contribution is 6.32. The molecule has 86 valence electrons. The molecule has 5 heteroatoms. The van der Waals surface area contributed by atoms with E-state index in [0.717, 1.165) is 0 Å². The summed E-state index contributed by atoms with van der Waals surface area (Å²) in [5.41, 5.74) is 6.92. The van der Waals surface area contributed by atoms with Crippen molar-refractivity contribution in [1.29, 1.82) is 0 Å². The lowest BCUT2D eigenvalue weighted by atomic mass is 10.1. The summed E-state index contributed by atoms with van der Waals surface area (Å²) in [6, 6.07) is 1.61. The Kier molecular flexibility index (Phi) is 2.83. The van der Waals surface area contributed by atoms with E-state index in [1.165, 1.54) is 7.11 Å². The molecule has 16 heavy (non-hydrogen) atoms. The summed E-state index contributed by atoms with van der Waals surface area (Å²) in [6.45, 7) is 4.68. The molecule has 4 nitrogen and oxygen atoms in total. The second kappa shape index (κ2) is 4.14. The van der Waals surface area contributed by atoms with Gasteiger partial charge in [0, 0.05) is 5.69 Å². The molecule has 1 aromatic carbocycles. The van der Waals surface area contributed by atoms with Crippen molar-refractivity contribution in [2.75, 3.05) is 26.1 Å². The first-order valence-electron chi connectivity index (χ1n) is 4.76. The van der Waals surface area contributed by atoms with Gasteiger partial charge in [-0.05, 0) is 6.07 Å². The van der Waals surface area contributed by atoms with E-state index in [-0.39, 0.29) is 0 Å². The maximum absolute atomic E-state index is 6.01. The van der Waals surface area contributed by atoms with Crippen molar-refractivity contribution in [3.05, 3.63) is 23.2 Å². The van der Waals surface area contributed by atoms with Crippen molar-refractivity contribution in [3.8, 4) is 11.5 Å². The van der Waals surface area contributed by atoms with E-state index >= 15 is 0 Å². The van der Waals surface area contributed by atoms with E-state index in [2.05, 4.69) is 6.58 Å². The summed E-state index contributed by atoms with van der Waals surface area (Å²) >= 11 is 6.01. The molecule has 1 aliphatic rings. The fourth-order valence-electron chi connectivity index (χ4n) is 1.58. The number of halogens is 1. The number of nitrogens with two attached hydrogens (primary N) is 1. The molecule has 0 fully saturated rings. The zero-order chi connectivity index (χ0) is 11.7. The van der Waals surface area contributed by atoms with Gasteiger partial charge in [0.15, 0.2) is 11.5 Å². The van der Waals surface area contributed by atoms with Gasteiger partial charge >= 0.3 is 0 Å². The molecule has 0 amide bonds. The maximum atomic E-state index is 6.01. The van der Waals surface area contributed by atoms with Crippen molar-refractivity contribution in [1.82, 2.24) is 0 Å². The molecule has 0 saturated carbocycles. The average molecular weight is 242 g/mol. The summed E-state index contributed by atoms with van der Waals surface area (Å²) in [5, 5.41) is 0.430. The number of hydrogen-bond donors (Lipinski definition) is 1. The molecule has 1 heterocycles. The van der Waals surface area contributed by atoms with Crippen LogP contribution >= 0.6 is 11.6 Å². The summed E-state index contributed by atoms with van der Waals surface area (Å²) < 4.78 is 16.0. The van der Waals surface area contributed by atoms with Crippen LogP contribution < -0.4 is 15.2 Å². The number of fused-ring (bicyclic) bond motifs is 1.